The van der Waals surface area contributed by atoms with Crippen LogP contribution in [0.15, 0.2) is 34.4 Å². The lowest BCUT2D eigenvalue weighted by molar-refractivity contribution is 0.428. The highest BCUT2D eigenvalue weighted by atomic mass is 32.2. The lowest BCUT2D eigenvalue weighted by Gasteiger charge is -2.21. The van der Waals surface area contributed by atoms with Crippen LogP contribution in [0.5, 0.6) is 0 Å². The van der Waals surface area contributed by atoms with Gasteiger partial charge in [0, 0.05) is 32.0 Å². The Kier molecular flexibility index (Phi) is 6.14. The van der Waals surface area contributed by atoms with E-state index >= 15 is 0 Å². The summed E-state index contributed by atoms with van der Waals surface area (Å²) in [6.07, 6.45) is 7.57. The van der Waals surface area contributed by atoms with Crippen LogP contribution in [-0.4, -0.2) is 50.4 Å². The zero-order valence-corrected chi connectivity index (χ0v) is 13.4. The van der Waals surface area contributed by atoms with E-state index in [0.717, 1.165) is 25.9 Å². The third-order valence-electron chi connectivity index (χ3n) is 3.55. The highest BCUT2D eigenvalue weighted by Gasteiger charge is 2.13. The van der Waals surface area contributed by atoms with Crippen LogP contribution >= 0.6 is 0 Å². The molecule has 1 fully saturated rings. The highest BCUT2D eigenvalue weighted by Crippen LogP contribution is 2.09. The number of aromatic nitrogens is 1. The number of rotatable bonds is 5. The number of pyridine rings is 1. The maximum absolute atomic E-state index is 12.0. The zero-order chi connectivity index (χ0) is 15.8. The monoisotopic (exact) mass is 325 g/mol. The van der Waals surface area contributed by atoms with Crippen molar-refractivity contribution >= 4 is 16.0 Å². The van der Waals surface area contributed by atoms with Crippen molar-refractivity contribution in [1.82, 2.24) is 14.6 Å². The Hall–Kier alpha value is -1.67. The van der Waals surface area contributed by atoms with Gasteiger partial charge in [0.15, 0.2) is 5.96 Å². The van der Waals surface area contributed by atoms with E-state index in [-0.39, 0.29) is 11.4 Å². The standard InChI is InChI=1S/C14H23N5O2S/c15-14(19-10-3-1-2-4-11-19)17-8-9-18-22(20,21)13-6-5-7-16-12-13/h5-7,12,18H,1-4,8-11H2,(H2,15,17). The van der Waals surface area contributed by atoms with Gasteiger partial charge in [-0.25, -0.2) is 13.1 Å². The average Bonchev–Trinajstić information content (AvgIpc) is 2.81. The number of hydrogen-bond donors (Lipinski definition) is 2. The fourth-order valence-electron chi connectivity index (χ4n) is 2.34. The van der Waals surface area contributed by atoms with Gasteiger partial charge in [-0.05, 0) is 25.0 Å². The van der Waals surface area contributed by atoms with E-state index in [9.17, 15) is 8.42 Å². The maximum Gasteiger partial charge on any atom is 0.242 e. The summed E-state index contributed by atoms with van der Waals surface area (Å²) in [6.45, 7) is 2.39. The maximum atomic E-state index is 12.0. The molecule has 0 aliphatic carbocycles. The SMILES string of the molecule is NC(=NCCNS(=O)(=O)c1cccnc1)N1CCCCCC1. The predicted molar refractivity (Wildman–Crippen MR) is 86.0 cm³/mol. The molecule has 0 unspecified atom stereocenters. The minimum Gasteiger partial charge on any atom is -0.370 e. The van der Waals surface area contributed by atoms with Gasteiger partial charge in [-0.1, -0.05) is 12.8 Å². The first-order chi connectivity index (χ1) is 10.6. The van der Waals surface area contributed by atoms with Crippen molar-refractivity contribution in [1.29, 1.82) is 0 Å². The van der Waals surface area contributed by atoms with Crippen molar-refractivity contribution < 1.29 is 8.42 Å². The molecule has 1 aromatic rings. The molecule has 3 N–H and O–H groups in total. The molecule has 8 heteroatoms. The number of likely N-dealkylation sites (tertiary alicyclic amines) is 1. The first kappa shape index (κ1) is 16.7. The Morgan fingerprint density at radius 1 is 1.32 bits per heavy atom. The first-order valence-corrected chi connectivity index (χ1v) is 9.02. The molecule has 7 nitrogen and oxygen atoms in total. The van der Waals surface area contributed by atoms with Gasteiger partial charge in [-0.15, -0.1) is 0 Å². The van der Waals surface area contributed by atoms with Gasteiger partial charge in [0.1, 0.15) is 4.90 Å². The topological polar surface area (TPSA) is 101 Å². The Morgan fingerprint density at radius 3 is 2.68 bits per heavy atom. The van der Waals surface area contributed by atoms with Crippen LogP contribution in [0.2, 0.25) is 0 Å². The summed E-state index contributed by atoms with van der Waals surface area (Å²) in [7, 11) is -3.53. The first-order valence-electron chi connectivity index (χ1n) is 7.54. The summed E-state index contributed by atoms with van der Waals surface area (Å²) >= 11 is 0. The second-order valence-electron chi connectivity index (χ2n) is 5.23. The minimum absolute atomic E-state index is 0.152. The number of nitrogens with zero attached hydrogens (tertiary/aromatic N) is 3. The number of nitrogens with two attached hydrogens (primary N) is 1. The van der Waals surface area contributed by atoms with E-state index in [1.807, 2.05) is 0 Å². The Bertz CT molecular complexity index is 581. The summed E-state index contributed by atoms with van der Waals surface area (Å²) in [6, 6.07) is 3.09. The predicted octanol–water partition coefficient (Wildman–Crippen LogP) is 0.551. The fourth-order valence-corrected chi connectivity index (χ4v) is 3.32. The third kappa shape index (κ3) is 4.96. The van der Waals surface area contributed by atoms with E-state index in [4.69, 9.17) is 5.73 Å². The van der Waals surface area contributed by atoms with Crippen molar-refractivity contribution in [3.63, 3.8) is 0 Å². The highest BCUT2D eigenvalue weighted by molar-refractivity contribution is 7.89. The summed E-state index contributed by atoms with van der Waals surface area (Å²) < 4.78 is 26.5. The Labute approximate surface area is 131 Å². The number of nitrogens with one attached hydrogen (secondary N) is 1. The van der Waals surface area contributed by atoms with Crippen LogP contribution < -0.4 is 10.5 Å². The lowest BCUT2D eigenvalue weighted by atomic mass is 10.2. The molecular formula is C14H23N5O2S. The normalized spacial score (nSPS) is 17.3. The molecule has 0 amide bonds. The van der Waals surface area contributed by atoms with E-state index < -0.39 is 10.0 Å². The Balaban J connectivity index is 1.81. The number of hydrogen-bond acceptors (Lipinski definition) is 4. The quantitative estimate of drug-likeness (QED) is 0.468. The van der Waals surface area contributed by atoms with Crippen LogP contribution in [0, 0.1) is 0 Å². The van der Waals surface area contributed by atoms with Gasteiger partial charge >= 0.3 is 0 Å². The molecule has 0 spiro atoms. The van der Waals surface area contributed by atoms with Gasteiger partial charge < -0.3 is 10.6 Å². The molecule has 0 aromatic carbocycles. The van der Waals surface area contributed by atoms with Crippen LogP contribution in [0.1, 0.15) is 25.7 Å². The van der Waals surface area contributed by atoms with Crippen molar-refractivity contribution in [3.05, 3.63) is 24.5 Å². The number of aliphatic imine (C=N–C) groups is 1. The molecule has 1 aliphatic rings. The van der Waals surface area contributed by atoms with Gasteiger partial charge in [0.2, 0.25) is 10.0 Å². The molecule has 1 saturated heterocycles. The molecule has 1 aromatic heterocycles. The molecule has 0 radical (unpaired) electrons. The van der Waals surface area contributed by atoms with Gasteiger partial charge in [-0.3, -0.25) is 9.98 Å². The van der Waals surface area contributed by atoms with Crippen molar-refractivity contribution in [2.45, 2.75) is 30.6 Å². The van der Waals surface area contributed by atoms with E-state index in [0.29, 0.717) is 12.5 Å². The number of guanidine groups is 1. The van der Waals surface area contributed by atoms with Crippen molar-refractivity contribution in [2.24, 2.45) is 10.7 Å². The van der Waals surface area contributed by atoms with Gasteiger partial charge in [0.25, 0.3) is 0 Å². The van der Waals surface area contributed by atoms with Crippen LogP contribution in [0.25, 0.3) is 0 Å². The second kappa shape index (κ2) is 8.09. The fraction of sp³-hybridized carbons (Fsp3) is 0.571. The molecule has 0 atom stereocenters. The minimum atomic E-state index is -3.53. The lowest BCUT2D eigenvalue weighted by Crippen LogP contribution is -2.38. The smallest absolute Gasteiger partial charge is 0.242 e. The molecule has 1 aliphatic heterocycles. The van der Waals surface area contributed by atoms with Crippen LogP contribution in [-0.2, 0) is 10.0 Å². The van der Waals surface area contributed by atoms with Crippen molar-refractivity contribution in [2.75, 3.05) is 26.2 Å². The summed E-state index contributed by atoms with van der Waals surface area (Å²) in [5.74, 6) is 0.502. The van der Waals surface area contributed by atoms with E-state index in [1.54, 1.807) is 6.07 Å². The summed E-state index contributed by atoms with van der Waals surface area (Å²) in [5, 5.41) is 0. The summed E-state index contributed by atoms with van der Waals surface area (Å²) in [4.78, 5) is 10.3. The average molecular weight is 325 g/mol. The number of sulfonamides is 1. The third-order valence-corrected chi connectivity index (χ3v) is 5.00. The van der Waals surface area contributed by atoms with E-state index in [2.05, 4.69) is 19.6 Å². The molecule has 2 rings (SSSR count). The molecule has 0 bridgehead atoms. The molecule has 0 saturated carbocycles. The van der Waals surface area contributed by atoms with Crippen molar-refractivity contribution in [3.8, 4) is 0 Å². The van der Waals surface area contributed by atoms with Crippen LogP contribution in [0.4, 0.5) is 0 Å². The van der Waals surface area contributed by atoms with Gasteiger partial charge in [-0.2, -0.15) is 0 Å². The van der Waals surface area contributed by atoms with Gasteiger partial charge in [0.05, 0.1) is 6.54 Å². The molecule has 22 heavy (non-hydrogen) atoms. The largest absolute Gasteiger partial charge is 0.370 e. The van der Waals surface area contributed by atoms with E-state index in [1.165, 1.54) is 31.3 Å². The molecular weight excluding hydrogens is 302 g/mol. The Morgan fingerprint density at radius 2 is 2.05 bits per heavy atom. The molecule has 122 valence electrons. The summed E-state index contributed by atoms with van der Waals surface area (Å²) in [5.41, 5.74) is 5.97. The van der Waals surface area contributed by atoms with Crippen LogP contribution in [0.3, 0.4) is 0 Å². The zero-order valence-electron chi connectivity index (χ0n) is 12.6. The molecule has 2 heterocycles. The second-order valence-corrected chi connectivity index (χ2v) is 6.99.